The Hall–Kier alpha value is -1.88. The average Bonchev–Trinajstić information content (AvgIpc) is 2.53. The number of fused-ring (bicyclic) bond motifs is 1. The topological polar surface area (TPSA) is 69.6 Å². The highest BCUT2D eigenvalue weighted by atomic mass is 16.3. The van der Waals surface area contributed by atoms with E-state index in [0.717, 1.165) is 17.7 Å². The van der Waals surface area contributed by atoms with Crippen LogP contribution in [0.5, 0.6) is 0 Å². The van der Waals surface area contributed by atoms with Gasteiger partial charge in [-0.3, -0.25) is 9.59 Å². The third-order valence-electron chi connectivity index (χ3n) is 4.28. The highest BCUT2D eigenvalue weighted by Gasteiger charge is 2.24. The third kappa shape index (κ3) is 3.85. The second kappa shape index (κ2) is 7.40. The summed E-state index contributed by atoms with van der Waals surface area (Å²) in [6, 6.07) is 7.76. The SMILES string of the molecule is CC(CO)C(C)NC(=O)CCN1C(=O)CCc2ccccc21. The van der Waals surface area contributed by atoms with E-state index in [0.29, 0.717) is 13.0 Å². The molecular weight excluding hydrogens is 280 g/mol. The number of hydrogen-bond acceptors (Lipinski definition) is 3. The first kappa shape index (κ1) is 16.5. The highest BCUT2D eigenvalue weighted by Crippen LogP contribution is 2.27. The summed E-state index contributed by atoms with van der Waals surface area (Å²) in [5, 5.41) is 12.0. The van der Waals surface area contributed by atoms with E-state index in [1.54, 1.807) is 4.90 Å². The molecule has 0 aliphatic carbocycles. The van der Waals surface area contributed by atoms with Crippen LogP contribution in [-0.2, 0) is 16.0 Å². The van der Waals surface area contributed by atoms with Gasteiger partial charge in [-0.05, 0) is 30.9 Å². The van der Waals surface area contributed by atoms with E-state index in [-0.39, 0.29) is 36.8 Å². The van der Waals surface area contributed by atoms with Gasteiger partial charge in [-0.1, -0.05) is 25.1 Å². The number of aliphatic hydroxyl groups is 1. The van der Waals surface area contributed by atoms with Crippen molar-refractivity contribution in [3.05, 3.63) is 29.8 Å². The zero-order valence-corrected chi connectivity index (χ0v) is 13.2. The fourth-order valence-corrected chi connectivity index (χ4v) is 2.58. The smallest absolute Gasteiger partial charge is 0.227 e. The van der Waals surface area contributed by atoms with Crippen LogP contribution in [0.15, 0.2) is 24.3 Å². The molecule has 0 saturated heterocycles. The fraction of sp³-hybridized carbons (Fsp3) is 0.529. The molecule has 2 amide bonds. The third-order valence-corrected chi connectivity index (χ3v) is 4.28. The minimum Gasteiger partial charge on any atom is -0.396 e. The Labute approximate surface area is 131 Å². The maximum atomic E-state index is 12.1. The fourth-order valence-electron chi connectivity index (χ4n) is 2.58. The number of hydrogen-bond donors (Lipinski definition) is 2. The van der Waals surface area contributed by atoms with Crippen molar-refractivity contribution in [2.75, 3.05) is 18.1 Å². The molecule has 120 valence electrons. The lowest BCUT2D eigenvalue weighted by atomic mass is 10.0. The molecule has 0 fully saturated rings. The van der Waals surface area contributed by atoms with Gasteiger partial charge in [0.2, 0.25) is 11.8 Å². The average molecular weight is 304 g/mol. The first-order chi connectivity index (χ1) is 10.5. The van der Waals surface area contributed by atoms with Crippen LogP contribution in [0.3, 0.4) is 0 Å². The Morgan fingerprint density at radius 3 is 2.77 bits per heavy atom. The van der Waals surface area contributed by atoms with Crippen LogP contribution in [0, 0.1) is 5.92 Å². The Balaban J connectivity index is 1.94. The summed E-state index contributed by atoms with van der Waals surface area (Å²) in [5.74, 6) is -0.00627. The molecule has 1 aromatic rings. The maximum absolute atomic E-state index is 12.1. The van der Waals surface area contributed by atoms with Crippen LogP contribution in [0.25, 0.3) is 0 Å². The van der Waals surface area contributed by atoms with Crippen LogP contribution < -0.4 is 10.2 Å². The molecule has 0 radical (unpaired) electrons. The largest absolute Gasteiger partial charge is 0.396 e. The number of para-hydroxylation sites is 1. The minimum atomic E-state index is -0.0938. The van der Waals surface area contributed by atoms with Gasteiger partial charge in [-0.25, -0.2) is 0 Å². The second-order valence-electron chi connectivity index (χ2n) is 5.94. The van der Waals surface area contributed by atoms with E-state index in [1.807, 2.05) is 38.1 Å². The van der Waals surface area contributed by atoms with Crippen LogP contribution in [0.2, 0.25) is 0 Å². The van der Waals surface area contributed by atoms with Gasteiger partial charge >= 0.3 is 0 Å². The van der Waals surface area contributed by atoms with Gasteiger partial charge < -0.3 is 15.3 Å². The molecule has 0 bridgehead atoms. The predicted octanol–water partition coefficient (Wildman–Crippen LogP) is 1.49. The van der Waals surface area contributed by atoms with Gasteiger partial charge in [-0.15, -0.1) is 0 Å². The van der Waals surface area contributed by atoms with E-state index < -0.39 is 0 Å². The van der Waals surface area contributed by atoms with Crippen molar-refractivity contribution in [1.82, 2.24) is 5.32 Å². The first-order valence-corrected chi connectivity index (χ1v) is 7.81. The van der Waals surface area contributed by atoms with Crippen LogP contribution >= 0.6 is 0 Å². The number of anilines is 1. The molecule has 2 rings (SSSR count). The van der Waals surface area contributed by atoms with E-state index in [9.17, 15) is 9.59 Å². The Morgan fingerprint density at radius 1 is 1.32 bits per heavy atom. The molecule has 0 saturated carbocycles. The van der Waals surface area contributed by atoms with Crippen LogP contribution in [0.1, 0.15) is 32.3 Å². The van der Waals surface area contributed by atoms with Crippen molar-refractivity contribution in [2.45, 2.75) is 39.2 Å². The lowest BCUT2D eigenvalue weighted by Crippen LogP contribution is -2.41. The number of nitrogens with one attached hydrogen (secondary N) is 1. The van der Waals surface area contributed by atoms with Crippen molar-refractivity contribution in [1.29, 1.82) is 0 Å². The van der Waals surface area contributed by atoms with Crippen molar-refractivity contribution in [2.24, 2.45) is 5.92 Å². The molecule has 0 spiro atoms. The van der Waals surface area contributed by atoms with Crippen LogP contribution in [-0.4, -0.2) is 36.1 Å². The van der Waals surface area contributed by atoms with E-state index in [4.69, 9.17) is 5.11 Å². The number of carbonyl (C=O) groups is 2. The monoisotopic (exact) mass is 304 g/mol. The summed E-state index contributed by atoms with van der Waals surface area (Å²) in [7, 11) is 0. The Bertz CT molecular complexity index is 544. The lowest BCUT2D eigenvalue weighted by Gasteiger charge is -2.29. The summed E-state index contributed by atoms with van der Waals surface area (Å²) < 4.78 is 0. The number of aryl methyl sites for hydroxylation is 1. The van der Waals surface area contributed by atoms with Gasteiger partial charge in [0.15, 0.2) is 0 Å². The number of rotatable bonds is 6. The summed E-state index contributed by atoms with van der Waals surface area (Å²) in [6.45, 7) is 4.19. The van der Waals surface area contributed by atoms with Gasteiger partial charge in [0, 0.05) is 37.7 Å². The Morgan fingerprint density at radius 2 is 2.05 bits per heavy atom. The van der Waals surface area contributed by atoms with Crippen molar-refractivity contribution in [3.63, 3.8) is 0 Å². The van der Waals surface area contributed by atoms with E-state index >= 15 is 0 Å². The molecule has 0 aromatic heterocycles. The molecule has 1 aliphatic rings. The normalized spacial score (nSPS) is 16.9. The molecule has 1 aliphatic heterocycles. The second-order valence-corrected chi connectivity index (χ2v) is 5.94. The molecule has 22 heavy (non-hydrogen) atoms. The van der Waals surface area contributed by atoms with E-state index in [1.165, 1.54) is 0 Å². The number of nitrogens with zero attached hydrogens (tertiary/aromatic N) is 1. The molecule has 1 aromatic carbocycles. The zero-order valence-electron chi connectivity index (χ0n) is 13.2. The lowest BCUT2D eigenvalue weighted by molar-refractivity contribution is -0.122. The van der Waals surface area contributed by atoms with E-state index in [2.05, 4.69) is 5.32 Å². The molecule has 5 heteroatoms. The molecule has 2 N–H and O–H groups in total. The first-order valence-electron chi connectivity index (χ1n) is 7.81. The standard InChI is InChI=1S/C17H24N2O3/c1-12(11-20)13(2)18-16(21)9-10-19-15-6-4-3-5-14(15)7-8-17(19)22/h3-6,12-13,20H,7-11H2,1-2H3,(H,18,21). The molecule has 1 heterocycles. The predicted molar refractivity (Wildman–Crippen MR) is 85.6 cm³/mol. The zero-order chi connectivity index (χ0) is 16.1. The van der Waals surface area contributed by atoms with Gasteiger partial charge in [0.1, 0.15) is 0 Å². The summed E-state index contributed by atoms with van der Waals surface area (Å²) >= 11 is 0. The summed E-state index contributed by atoms with van der Waals surface area (Å²) in [6.07, 6.45) is 1.53. The maximum Gasteiger partial charge on any atom is 0.227 e. The van der Waals surface area contributed by atoms with Crippen molar-refractivity contribution >= 4 is 17.5 Å². The highest BCUT2D eigenvalue weighted by molar-refractivity contribution is 5.96. The quantitative estimate of drug-likeness (QED) is 0.836. The molecular formula is C17H24N2O3. The van der Waals surface area contributed by atoms with Gasteiger partial charge in [-0.2, -0.15) is 0 Å². The molecule has 2 atom stereocenters. The van der Waals surface area contributed by atoms with Crippen molar-refractivity contribution < 1.29 is 14.7 Å². The van der Waals surface area contributed by atoms with Crippen LogP contribution in [0.4, 0.5) is 5.69 Å². The number of amides is 2. The summed E-state index contributed by atoms with van der Waals surface area (Å²) in [5.41, 5.74) is 2.08. The summed E-state index contributed by atoms with van der Waals surface area (Å²) in [4.78, 5) is 25.8. The number of aliphatic hydroxyl groups excluding tert-OH is 1. The van der Waals surface area contributed by atoms with Crippen molar-refractivity contribution in [3.8, 4) is 0 Å². The molecule has 2 unspecified atom stereocenters. The minimum absolute atomic E-state index is 0.0151. The number of benzene rings is 1. The molecule has 5 nitrogen and oxygen atoms in total. The van der Waals surface area contributed by atoms with Gasteiger partial charge in [0.05, 0.1) is 0 Å². The Kier molecular flexibility index (Phi) is 5.55. The number of carbonyl (C=O) groups excluding carboxylic acids is 2. The van der Waals surface area contributed by atoms with Gasteiger partial charge in [0.25, 0.3) is 0 Å².